The predicted molar refractivity (Wildman–Crippen MR) is 51.7 cm³/mol. The molecule has 0 radical (unpaired) electrons. The van der Waals surface area contributed by atoms with Crippen molar-refractivity contribution in [2.45, 2.75) is 6.92 Å². The van der Waals surface area contributed by atoms with Crippen LogP contribution in [0, 0.1) is 6.92 Å². The van der Waals surface area contributed by atoms with Crippen LogP contribution in [0.25, 0.3) is 0 Å². The SMILES string of the molecule is Cc1ccc(N2NCC(=O)C2=O)cc1. The van der Waals surface area contributed by atoms with E-state index >= 15 is 0 Å². The largest absolute Gasteiger partial charge is 0.310 e. The summed E-state index contributed by atoms with van der Waals surface area (Å²) in [5, 5.41) is 1.28. The van der Waals surface area contributed by atoms with Gasteiger partial charge in [0.1, 0.15) is 0 Å². The van der Waals surface area contributed by atoms with Gasteiger partial charge >= 0.3 is 5.91 Å². The number of rotatable bonds is 1. The Labute approximate surface area is 81.5 Å². The average molecular weight is 190 g/mol. The molecule has 14 heavy (non-hydrogen) atoms. The van der Waals surface area contributed by atoms with Gasteiger partial charge in [0.15, 0.2) is 0 Å². The predicted octanol–water partition coefficient (Wildman–Crippen LogP) is 0.415. The molecule has 1 saturated heterocycles. The van der Waals surface area contributed by atoms with E-state index in [4.69, 9.17) is 0 Å². The van der Waals surface area contributed by atoms with Gasteiger partial charge in [-0.15, -0.1) is 0 Å². The minimum atomic E-state index is -0.492. The number of ketones is 1. The fourth-order valence-corrected chi connectivity index (χ4v) is 1.33. The Hall–Kier alpha value is -1.68. The Balaban J connectivity index is 2.28. The van der Waals surface area contributed by atoms with E-state index in [0.717, 1.165) is 5.56 Å². The van der Waals surface area contributed by atoms with E-state index in [1.54, 1.807) is 12.1 Å². The molecule has 0 aliphatic carbocycles. The van der Waals surface area contributed by atoms with Crippen molar-refractivity contribution < 1.29 is 9.59 Å². The number of anilines is 1. The Morgan fingerprint density at radius 1 is 1.21 bits per heavy atom. The molecule has 1 N–H and O–H groups in total. The fourth-order valence-electron chi connectivity index (χ4n) is 1.33. The summed E-state index contributed by atoms with van der Waals surface area (Å²) in [4.78, 5) is 22.3. The lowest BCUT2D eigenvalue weighted by atomic mass is 10.2. The summed E-state index contributed by atoms with van der Waals surface area (Å²) in [6.07, 6.45) is 0. The van der Waals surface area contributed by atoms with Crippen LogP contribution in [0.5, 0.6) is 0 Å². The molecule has 0 unspecified atom stereocenters. The summed E-state index contributed by atoms with van der Waals surface area (Å²) >= 11 is 0. The van der Waals surface area contributed by atoms with Crippen LogP contribution in [-0.4, -0.2) is 18.2 Å². The zero-order chi connectivity index (χ0) is 10.1. The molecule has 4 nitrogen and oxygen atoms in total. The molecule has 1 fully saturated rings. The van der Waals surface area contributed by atoms with Gasteiger partial charge in [0, 0.05) is 0 Å². The fraction of sp³-hybridized carbons (Fsp3) is 0.200. The number of carbonyl (C=O) groups excluding carboxylic acids is 2. The van der Waals surface area contributed by atoms with E-state index in [-0.39, 0.29) is 6.54 Å². The zero-order valence-electron chi connectivity index (χ0n) is 7.78. The van der Waals surface area contributed by atoms with Gasteiger partial charge in [-0.1, -0.05) is 17.7 Å². The maximum Gasteiger partial charge on any atom is 0.310 e. The monoisotopic (exact) mass is 190 g/mol. The number of aryl methyl sites for hydroxylation is 1. The molecule has 1 amide bonds. The maximum absolute atomic E-state index is 11.3. The van der Waals surface area contributed by atoms with Crippen molar-refractivity contribution in [1.29, 1.82) is 0 Å². The quantitative estimate of drug-likeness (QED) is 0.653. The van der Waals surface area contributed by atoms with Crippen LogP contribution in [0.1, 0.15) is 5.56 Å². The topological polar surface area (TPSA) is 49.4 Å². The highest BCUT2D eigenvalue weighted by atomic mass is 16.2. The Morgan fingerprint density at radius 2 is 1.86 bits per heavy atom. The normalized spacial score (nSPS) is 16.5. The van der Waals surface area contributed by atoms with Gasteiger partial charge < -0.3 is 0 Å². The summed E-state index contributed by atoms with van der Waals surface area (Å²) in [6.45, 7) is 2.06. The van der Waals surface area contributed by atoms with Crippen molar-refractivity contribution in [2.75, 3.05) is 11.6 Å². The number of Topliss-reactive ketones (excluding diaryl/α,β-unsaturated/α-hetero) is 1. The zero-order valence-corrected chi connectivity index (χ0v) is 7.78. The van der Waals surface area contributed by atoms with Crippen molar-refractivity contribution in [3.63, 3.8) is 0 Å². The first-order valence-corrected chi connectivity index (χ1v) is 4.36. The highest BCUT2D eigenvalue weighted by molar-refractivity contribution is 6.43. The van der Waals surface area contributed by atoms with Crippen LogP contribution in [0.4, 0.5) is 5.69 Å². The number of amides is 1. The van der Waals surface area contributed by atoms with Gasteiger partial charge in [0.05, 0.1) is 12.2 Å². The third-order valence-electron chi connectivity index (χ3n) is 2.13. The van der Waals surface area contributed by atoms with Crippen LogP contribution >= 0.6 is 0 Å². The smallest absolute Gasteiger partial charge is 0.287 e. The lowest BCUT2D eigenvalue weighted by molar-refractivity contribution is -0.133. The summed E-state index contributed by atoms with van der Waals surface area (Å²) in [5.74, 6) is -0.889. The number of carbonyl (C=O) groups is 2. The highest BCUT2D eigenvalue weighted by Gasteiger charge is 2.29. The summed E-state index contributed by atoms with van der Waals surface area (Å²) in [6, 6.07) is 7.40. The van der Waals surface area contributed by atoms with Crippen LogP contribution in [0.3, 0.4) is 0 Å². The van der Waals surface area contributed by atoms with Gasteiger partial charge in [0.2, 0.25) is 5.78 Å². The lowest BCUT2D eigenvalue weighted by Crippen LogP contribution is -2.34. The minimum Gasteiger partial charge on any atom is -0.287 e. The third-order valence-corrected chi connectivity index (χ3v) is 2.13. The molecule has 2 rings (SSSR count). The highest BCUT2D eigenvalue weighted by Crippen LogP contribution is 2.15. The average Bonchev–Trinajstić information content (AvgIpc) is 2.50. The van der Waals surface area contributed by atoms with Crippen molar-refractivity contribution in [2.24, 2.45) is 0 Å². The van der Waals surface area contributed by atoms with E-state index in [9.17, 15) is 9.59 Å². The second kappa shape index (κ2) is 3.23. The molecular formula is C10H10N2O2. The van der Waals surface area contributed by atoms with Crippen LogP contribution < -0.4 is 10.4 Å². The Kier molecular flexibility index (Phi) is 2.05. The molecular weight excluding hydrogens is 180 g/mol. The van der Waals surface area contributed by atoms with Crippen LogP contribution in [0.2, 0.25) is 0 Å². The summed E-state index contributed by atoms with van der Waals surface area (Å²) < 4.78 is 0. The molecule has 1 aliphatic rings. The van der Waals surface area contributed by atoms with Crippen molar-refractivity contribution in [1.82, 2.24) is 5.43 Å². The minimum absolute atomic E-state index is 0.0900. The van der Waals surface area contributed by atoms with Crippen molar-refractivity contribution in [3.8, 4) is 0 Å². The molecule has 1 aromatic rings. The van der Waals surface area contributed by atoms with Gasteiger partial charge in [-0.3, -0.25) is 9.59 Å². The van der Waals surface area contributed by atoms with Crippen molar-refractivity contribution >= 4 is 17.4 Å². The number of hydrazine groups is 1. The van der Waals surface area contributed by atoms with Crippen LogP contribution in [0.15, 0.2) is 24.3 Å². The molecule has 1 aliphatic heterocycles. The first-order valence-electron chi connectivity index (χ1n) is 4.36. The van der Waals surface area contributed by atoms with E-state index in [2.05, 4.69) is 5.43 Å². The van der Waals surface area contributed by atoms with Crippen molar-refractivity contribution in [3.05, 3.63) is 29.8 Å². The Morgan fingerprint density at radius 3 is 2.36 bits per heavy atom. The third kappa shape index (κ3) is 1.40. The van der Waals surface area contributed by atoms with E-state index in [1.807, 2.05) is 19.1 Å². The number of benzene rings is 1. The second-order valence-electron chi connectivity index (χ2n) is 3.23. The number of hydrogen-bond donors (Lipinski definition) is 1. The van der Waals surface area contributed by atoms with E-state index in [0.29, 0.717) is 5.69 Å². The molecule has 4 heteroatoms. The molecule has 1 aromatic carbocycles. The molecule has 0 spiro atoms. The van der Waals surface area contributed by atoms with Gasteiger partial charge in [-0.2, -0.15) is 0 Å². The molecule has 72 valence electrons. The summed E-state index contributed by atoms with van der Waals surface area (Å²) in [7, 11) is 0. The second-order valence-corrected chi connectivity index (χ2v) is 3.23. The first-order chi connectivity index (χ1) is 6.68. The molecule has 0 saturated carbocycles. The molecule has 0 aromatic heterocycles. The lowest BCUT2D eigenvalue weighted by Gasteiger charge is -2.14. The first kappa shape index (κ1) is 8.90. The maximum atomic E-state index is 11.3. The van der Waals surface area contributed by atoms with E-state index < -0.39 is 11.7 Å². The molecule has 1 heterocycles. The van der Waals surface area contributed by atoms with Gasteiger partial charge in [-0.05, 0) is 19.1 Å². The van der Waals surface area contributed by atoms with Crippen LogP contribution in [-0.2, 0) is 9.59 Å². The van der Waals surface area contributed by atoms with Gasteiger partial charge in [-0.25, -0.2) is 10.4 Å². The summed E-state index contributed by atoms with van der Waals surface area (Å²) in [5.41, 5.74) is 4.54. The molecule has 0 bridgehead atoms. The molecule has 0 atom stereocenters. The van der Waals surface area contributed by atoms with E-state index in [1.165, 1.54) is 5.01 Å². The number of nitrogens with one attached hydrogen (secondary N) is 1. The Bertz CT molecular complexity index is 384. The standard InChI is InChI=1S/C10H10N2O2/c1-7-2-4-8(5-3-7)12-10(14)9(13)6-11-12/h2-5,11H,6H2,1H3. The number of nitrogens with zero attached hydrogens (tertiary/aromatic N) is 1. The van der Waals surface area contributed by atoms with Gasteiger partial charge in [0.25, 0.3) is 0 Å². The number of hydrogen-bond acceptors (Lipinski definition) is 3.